The van der Waals surface area contributed by atoms with E-state index in [2.05, 4.69) is 20.7 Å². The Morgan fingerprint density at radius 3 is 2.44 bits per heavy atom. The van der Waals surface area contributed by atoms with Crippen molar-refractivity contribution < 1.29 is 24.2 Å². The molecule has 0 spiro atoms. The highest BCUT2D eigenvalue weighted by atomic mass is 35.5. The first kappa shape index (κ1) is 27.3. The minimum Gasteiger partial charge on any atom is -0.384 e. The van der Waals surface area contributed by atoms with Crippen molar-refractivity contribution in [2.45, 2.75) is 56.7 Å². The summed E-state index contributed by atoms with van der Waals surface area (Å²) in [6.07, 6.45) is 4.20. The third-order valence-electron chi connectivity index (χ3n) is 7.94. The van der Waals surface area contributed by atoms with Crippen molar-refractivity contribution in [1.82, 2.24) is 19.3 Å². The Balaban J connectivity index is 1.29. The fourth-order valence-corrected chi connectivity index (χ4v) is 6.30. The van der Waals surface area contributed by atoms with Gasteiger partial charge in [-0.1, -0.05) is 11.6 Å². The lowest BCUT2D eigenvalue weighted by molar-refractivity contribution is -0.130. The van der Waals surface area contributed by atoms with Gasteiger partial charge in [0.05, 0.1) is 22.7 Å². The molecule has 0 radical (unpaired) electrons. The van der Waals surface area contributed by atoms with Crippen LogP contribution in [0.25, 0.3) is 0 Å². The molecule has 5 rings (SSSR count). The van der Waals surface area contributed by atoms with Crippen LogP contribution in [0.3, 0.4) is 0 Å². The van der Waals surface area contributed by atoms with Gasteiger partial charge in [0.1, 0.15) is 22.7 Å². The van der Waals surface area contributed by atoms with E-state index in [1.165, 1.54) is 32.0 Å². The van der Waals surface area contributed by atoms with Crippen LogP contribution in [0.2, 0.25) is 5.02 Å². The van der Waals surface area contributed by atoms with Gasteiger partial charge in [0.25, 0.3) is 11.8 Å². The van der Waals surface area contributed by atoms with Gasteiger partial charge in [0.15, 0.2) is 5.82 Å². The molecule has 2 atom stereocenters. The topological polar surface area (TPSA) is 134 Å². The highest BCUT2D eigenvalue weighted by molar-refractivity contribution is 6.31. The van der Waals surface area contributed by atoms with Gasteiger partial charge < -0.3 is 25.4 Å². The normalized spacial score (nSPS) is 24.6. The van der Waals surface area contributed by atoms with E-state index in [0.29, 0.717) is 35.6 Å². The van der Waals surface area contributed by atoms with Crippen molar-refractivity contribution in [3.63, 3.8) is 0 Å². The summed E-state index contributed by atoms with van der Waals surface area (Å²) in [6.45, 7) is 2.78. The molecule has 12 heteroatoms. The smallest absolute Gasteiger partial charge is 0.274 e. The molecule has 2 aliphatic rings. The predicted molar refractivity (Wildman–Crippen MR) is 143 cm³/mol. The van der Waals surface area contributed by atoms with Gasteiger partial charge in [-0.05, 0) is 69.6 Å². The number of imidazole rings is 1. The first-order valence-corrected chi connectivity index (χ1v) is 13.2. The van der Waals surface area contributed by atoms with Crippen LogP contribution in [-0.2, 0) is 24.5 Å². The number of fused-ring (bicyclic) bond motifs is 1. The molecule has 2 saturated carbocycles. The van der Waals surface area contributed by atoms with Crippen molar-refractivity contribution in [2.24, 2.45) is 25.9 Å². The SMILES string of the molecule is Cn1cnc(C2CC3CC(O)(c4cc(NC(=O)C(C)(C)O)nn4C)CC3C2)c1C(=O)Nc1ccc(F)c(Cl)c1. The molecule has 2 heterocycles. The maximum atomic E-state index is 13.5. The van der Waals surface area contributed by atoms with Gasteiger partial charge in [0, 0.05) is 31.8 Å². The Kier molecular flexibility index (Phi) is 6.80. The molecule has 10 nitrogen and oxygen atoms in total. The van der Waals surface area contributed by atoms with Crippen LogP contribution in [0.4, 0.5) is 15.9 Å². The minimum atomic E-state index is -1.55. The molecule has 1 aromatic carbocycles. The molecule has 2 aliphatic carbocycles. The summed E-state index contributed by atoms with van der Waals surface area (Å²) in [4.78, 5) is 29.9. The summed E-state index contributed by atoms with van der Waals surface area (Å²) in [5, 5.41) is 31.2. The third kappa shape index (κ3) is 5.18. The third-order valence-corrected chi connectivity index (χ3v) is 8.23. The summed E-state index contributed by atoms with van der Waals surface area (Å²) in [5.41, 5.74) is -0.517. The number of carbonyl (C=O) groups excluding carboxylic acids is 2. The molecular weight excluding hydrogens is 527 g/mol. The van der Waals surface area contributed by atoms with Crippen LogP contribution in [0.5, 0.6) is 0 Å². The van der Waals surface area contributed by atoms with E-state index < -0.39 is 22.9 Å². The number of nitrogens with one attached hydrogen (secondary N) is 2. The number of anilines is 2. The lowest BCUT2D eigenvalue weighted by atomic mass is 9.90. The maximum absolute atomic E-state index is 13.5. The zero-order valence-corrected chi connectivity index (χ0v) is 23.0. The zero-order valence-electron chi connectivity index (χ0n) is 22.2. The average Bonchev–Trinajstić information content (AvgIpc) is 3.57. The standard InChI is InChI=1S/C27H32ClFN6O4/c1-26(2,38)25(37)32-21-10-20(35(4)33-21)27(39)11-15-7-14(8-16(15)12-27)22-23(34(3)13-30-22)24(36)31-17-5-6-19(29)18(28)9-17/h5-6,9-10,13-16,38-39H,7-8,11-12H2,1-4H3,(H,31,36)(H,32,33,37). The van der Waals surface area contributed by atoms with Crippen molar-refractivity contribution >= 4 is 34.9 Å². The Morgan fingerprint density at radius 1 is 1.15 bits per heavy atom. The van der Waals surface area contributed by atoms with E-state index >= 15 is 0 Å². The monoisotopic (exact) mass is 558 g/mol. The first-order valence-electron chi connectivity index (χ1n) is 12.8. The summed E-state index contributed by atoms with van der Waals surface area (Å²) in [5.74, 6) is -0.725. The van der Waals surface area contributed by atoms with Crippen LogP contribution < -0.4 is 10.6 Å². The van der Waals surface area contributed by atoms with Crippen LogP contribution >= 0.6 is 11.6 Å². The molecular formula is C27H32ClFN6O4. The molecule has 2 aromatic heterocycles. The number of carbonyl (C=O) groups is 2. The lowest BCUT2D eigenvalue weighted by Gasteiger charge is -2.24. The predicted octanol–water partition coefficient (Wildman–Crippen LogP) is 3.70. The molecule has 3 aromatic rings. The van der Waals surface area contributed by atoms with E-state index in [1.54, 1.807) is 35.7 Å². The second-order valence-corrected chi connectivity index (χ2v) is 11.8. The van der Waals surface area contributed by atoms with E-state index in [9.17, 15) is 24.2 Å². The van der Waals surface area contributed by atoms with E-state index in [0.717, 1.165) is 12.8 Å². The van der Waals surface area contributed by atoms with Gasteiger partial charge in [-0.2, -0.15) is 5.10 Å². The molecule has 2 unspecified atom stereocenters. The molecule has 208 valence electrons. The largest absolute Gasteiger partial charge is 0.384 e. The molecule has 0 saturated heterocycles. The number of halogens is 2. The molecule has 4 N–H and O–H groups in total. The fourth-order valence-electron chi connectivity index (χ4n) is 6.12. The number of rotatable bonds is 6. The summed E-state index contributed by atoms with van der Waals surface area (Å²) >= 11 is 5.86. The number of aliphatic hydroxyl groups is 2. The maximum Gasteiger partial charge on any atom is 0.274 e. The Labute approximate surface area is 230 Å². The zero-order chi connectivity index (χ0) is 28.3. The van der Waals surface area contributed by atoms with Crippen LogP contribution in [0, 0.1) is 17.7 Å². The van der Waals surface area contributed by atoms with Crippen LogP contribution in [0.1, 0.15) is 67.3 Å². The summed E-state index contributed by atoms with van der Waals surface area (Å²) in [6, 6.07) is 5.68. The average molecular weight is 559 g/mol. The quantitative estimate of drug-likeness (QED) is 0.364. The van der Waals surface area contributed by atoms with E-state index in [1.807, 2.05) is 0 Å². The van der Waals surface area contributed by atoms with Crippen molar-refractivity contribution in [3.05, 3.63) is 58.5 Å². The number of aromatic nitrogens is 4. The number of hydrogen-bond donors (Lipinski definition) is 4. The van der Waals surface area contributed by atoms with Crippen molar-refractivity contribution in [1.29, 1.82) is 0 Å². The Bertz CT molecular complexity index is 1430. The first-order chi connectivity index (χ1) is 18.2. The second-order valence-electron chi connectivity index (χ2n) is 11.4. The van der Waals surface area contributed by atoms with Crippen LogP contribution in [0.15, 0.2) is 30.6 Å². The van der Waals surface area contributed by atoms with E-state index in [4.69, 9.17) is 11.6 Å². The lowest BCUT2D eigenvalue weighted by Crippen LogP contribution is -2.36. The fraction of sp³-hybridized carbons (Fsp3) is 0.481. The number of amides is 2. The van der Waals surface area contributed by atoms with Gasteiger partial charge in [-0.25, -0.2) is 9.37 Å². The number of aryl methyl sites for hydroxylation is 2. The van der Waals surface area contributed by atoms with Crippen molar-refractivity contribution in [3.8, 4) is 0 Å². The molecule has 2 fully saturated rings. The van der Waals surface area contributed by atoms with Crippen molar-refractivity contribution in [2.75, 3.05) is 10.6 Å². The highest BCUT2D eigenvalue weighted by Gasteiger charge is 2.51. The van der Waals surface area contributed by atoms with Crippen LogP contribution in [-0.4, -0.2) is 47.0 Å². The van der Waals surface area contributed by atoms with E-state index in [-0.39, 0.29) is 34.5 Å². The van der Waals surface area contributed by atoms with Gasteiger partial charge in [-0.15, -0.1) is 0 Å². The van der Waals surface area contributed by atoms with Gasteiger partial charge in [0.2, 0.25) is 0 Å². The molecule has 0 aliphatic heterocycles. The summed E-state index contributed by atoms with van der Waals surface area (Å²) in [7, 11) is 3.48. The number of nitrogens with zero attached hydrogens (tertiary/aromatic N) is 4. The van der Waals surface area contributed by atoms with Gasteiger partial charge in [-0.3, -0.25) is 14.3 Å². The minimum absolute atomic E-state index is 0.0523. The number of hydrogen-bond acceptors (Lipinski definition) is 6. The second kappa shape index (κ2) is 9.72. The molecule has 0 bridgehead atoms. The molecule has 2 amide bonds. The highest BCUT2D eigenvalue weighted by Crippen LogP contribution is 2.57. The number of benzene rings is 1. The Morgan fingerprint density at radius 2 is 1.82 bits per heavy atom. The summed E-state index contributed by atoms with van der Waals surface area (Å²) < 4.78 is 16.8. The molecule has 39 heavy (non-hydrogen) atoms. The Hall–Kier alpha value is -3.28. The van der Waals surface area contributed by atoms with Gasteiger partial charge >= 0.3 is 0 Å².